The van der Waals surface area contributed by atoms with Gasteiger partial charge in [-0.3, -0.25) is 0 Å². The van der Waals surface area contributed by atoms with Crippen LogP contribution in [0.1, 0.15) is 33.3 Å². The van der Waals surface area contributed by atoms with Crippen molar-refractivity contribution >= 4 is 17.3 Å². The molecule has 1 aliphatic rings. The van der Waals surface area contributed by atoms with Crippen LogP contribution < -0.4 is 10.2 Å². The van der Waals surface area contributed by atoms with Crippen molar-refractivity contribution in [3.05, 3.63) is 28.8 Å². The number of nitrogens with one attached hydrogen (secondary N) is 1. The van der Waals surface area contributed by atoms with E-state index >= 15 is 0 Å². The number of hydrogen-bond acceptors (Lipinski definition) is 3. The first-order valence-electron chi connectivity index (χ1n) is 7.28. The second-order valence-electron chi connectivity index (χ2n) is 6.34. The molecule has 3 nitrogen and oxygen atoms in total. The van der Waals surface area contributed by atoms with Crippen LogP contribution in [0.25, 0.3) is 0 Å². The predicted molar refractivity (Wildman–Crippen MR) is 85.7 cm³/mol. The number of hydrogen-bond donors (Lipinski definition) is 1. The van der Waals surface area contributed by atoms with Crippen LogP contribution in [0, 0.1) is 0 Å². The fraction of sp³-hybridized carbons (Fsp3) is 0.625. The average Bonchev–Trinajstić information content (AvgIpc) is 2.36. The molecule has 2 rings (SSSR count). The van der Waals surface area contributed by atoms with E-state index in [1.54, 1.807) is 0 Å². The van der Waals surface area contributed by atoms with E-state index in [1.165, 1.54) is 11.3 Å². The predicted octanol–water partition coefficient (Wildman–Crippen LogP) is 3.45. The van der Waals surface area contributed by atoms with Crippen molar-refractivity contribution in [2.45, 2.75) is 45.9 Å². The Bertz CT molecular complexity index is 460. The Morgan fingerprint density at radius 1 is 1.40 bits per heavy atom. The topological polar surface area (TPSA) is 24.5 Å². The van der Waals surface area contributed by atoms with E-state index in [1.807, 2.05) is 6.07 Å². The Morgan fingerprint density at radius 2 is 2.15 bits per heavy atom. The number of morpholine rings is 1. The maximum Gasteiger partial charge on any atom is 0.0801 e. The van der Waals surface area contributed by atoms with Gasteiger partial charge in [0, 0.05) is 36.4 Å². The number of anilines is 1. The maximum atomic E-state index is 6.19. The van der Waals surface area contributed by atoms with Gasteiger partial charge in [-0.25, -0.2) is 0 Å². The van der Waals surface area contributed by atoms with Crippen LogP contribution in [0.3, 0.4) is 0 Å². The Kier molecular flexibility index (Phi) is 4.95. The van der Waals surface area contributed by atoms with Crippen molar-refractivity contribution in [2.24, 2.45) is 0 Å². The third-order valence-electron chi connectivity index (χ3n) is 3.51. The quantitative estimate of drug-likeness (QED) is 0.921. The Labute approximate surface area is 127 Å². The van der Waals surface area contributed by atoms with Gasteiger partial charge >= 0.3 is 0 Å². The minimum atomic E-state index is -0.108. The van der Waals surface area contributed by atoms with Crippen LogP contribution in [-0.2, 0) is 11.3 Å². The number of ether oxygens (including phenoxy) is 1. The molecule has 0 aromatic heterocycles. The summed E-state index contributed by atoms with van der Waals surface area (Å²) in [6.45, 7) is 12.0. The third-order valence-corrected chi connectivity index (χ3v) is 3.75. The molecule has 20 heavy (non-hydrogen) atoms. The van der Waals surface area contributed by atoms with Crippen LogP contribution in [0.4, 0.5) is 5.69 Å². The van der Waals surface area contributed by atoms with Crippen LogP contribution in [-0.4, -0.2) is 31.3 Å². The van der Waals surface area contributed by atoms with E-state index in [9.17, 15) is 0 Å². The average molecular weight is 297 g/mol. The number of benzene rings is 1. The normalized spacial score (nSPS) is 18.6. The molecule has 1 saturated heterocycles. The maximum absolute atomic E-state index is 6.19. The fourth-order valence-electron chi connectivity index (χ4n) is 2.52. The molecule has 1 heterocycles. The van der Waals surface area contributed by atoms with E-state index in [4.69, 9.17) is 16.3 Å². The molecular formula is C16H25ClN2O. The summed E-state index contributed by atoms with van der Waals surface area (Å²) in [5, 5.41) is 4.27. The molecule has 0 atom stereocenters. The second-order valence-corrected chi connectivity index (χ2v) is 6.77. The van der Waals surface area contributed by atoms with Crippen molar-refractivity contribution < 1.29 is 4.74 Å². The Morgan fingerprint density at radius 3 is 2.80 bits per heavy atom. The Balaban J connectivity index is 2.22. The van der Waals surface area contributed by atoms with E-state index in [0.717, 1.165) is 31.3 Å². The van der Waals surface area contributed by atoms with Crippen LogP contribution in [0.5, 0.6) is 0 Å². The van der Waals surface area contributed by atoms with Crippen LogP contribution in [0.2, 0.25) is 5.02 Å². The summed E-state index contributed by atoms with van der Waals surface area (Å²) >= 11 is 6.19. The van der Waals surface area contributed by atoms with E-state index < -0.39 is 0 Å². The summed E-state index contributed by atoms with van der Waals surface area (Å²) in [4.78, 5) is 2.38. The van der Waals surface area contributed by atoms with Gasteiger partial charge < -0.3 is 15.0 Å². The van der Waals surface area contributed by atoms with E-state index in [2.05, 4.69) is 50.0 Å². The van der Waals surface area contributed by atoms with E-state index in [-0.39, 0.29) is 5.60 Å². The smallest absolute Gasteiger partial charge is 0.0801 e. The van der Waals surface area contributed by atoms with Gasteiger partial charge in [-0.2, -0.15) is 0 Å². The lowest BCUT2D eigenvalue weighted by Gasteiger charge is -2.40. The number of rotatable bonds is 4. The van der Waals surface area contributed by atoms with Gasteiger partial charge in [0.2, 0.25) is 0 Å². The zero-order chi connectivity index (χ0) is 14.8. The van der Waals surface area contributed by atoms with Crippen molar-refractivity contribution in [2.75, 3.05) is 24.6 Å². The first-order valence-corrected chi connectivity index (χ1v) is 7.66. The lowest BCUT2D eigenvalue weighted by Crippen LogP contribution is -2.48. The van der Waals surface area contributed by atoms with Gasteiger partial charge in [-0.15, -0.1) is 0 Å². The molecule has 0 bridgehead atoms. The minimum absolute atomic E-state index is 0.108. The second kappa shape index (κ2) is 6.33. The lowest BCUT2D eigenvalue weighted by atomic mass is 10.0. The molecular weight excluding hydrogens is 272 g/mol. The van der Waals surface area contributed by atoms with Gasteiger partial charge in [0.15, 0.2) is 0 Å². The van der Waals surface area contributed by atoms with Gasteiger partial charge in [0.05, 0.1) is 12.2 Å². The third kappa shape index (κ3) is 4.11. The molecule has 1 N–H and O–H groups in total. The molecule has 4 heteroatoms. The summed E-state index contributed by atoms with van der Waals surface area (Å²) in [6, 6.07) is 6.63. The molecule has 1 fully saturated rings. The SMILES string of the molecule is CC(C)NCc1ccc(Cl)cc1N1CCOC(C)(C)C1. The highest BCUT2D eigenvalue weighted by Crippen LogP contribution is 2.29. The first kappa shape index (κ1) is 15.6. The highest BCUT2D eigenvalue weighted by molar-refractivity contribution is 6.30. The van der Waals surface area contributed by atoms with Gasteiger partial charge in [0.25, 0.3) is 0 Å². The van der Waals surface area contributed by atoms with Crippen LogP contribution in [0.15, 0.2) is 18.2 Å². The van der Waals surface area contributed by atoms with Crippen molar-refractivity contribution in [1.82, 2.24) is 5.32 Å². The largest absolute Gasteiger partial charge is 0.372 e. The standard InChI is InChI=1S/C16H25ClN2O/c1-12(2)18-10-13-5-6-14(17)9-15(13)19-7-8-20-16(3,4)11-19/h5-6,9,12,18H,7-8,10-11H2,1-4H3. The van der Waals surface area contributed by atoms with Gasteiger partial charge in [0.1, 0.15) is 0 Å². The van der Waals surface area contributed by atoms with Gasteiger partial charge in [-0.05, 0) is 31.5 Å². The fourth-order valence-corrected chi connectivity index (χ4v) is 2.68. The molecule has 0 saturated carbocycles. The zero-order valence-corrected chi connectivity index (χ0v) is 13.6. The number of halogens is 1. The highest BCUT2D eigenvalue weighted by Gasteiger charge is 2.28. The molecule has 112 valence electrons. The van der Waals surface area contributed by atoms with Gasteiger partial charge in [-0.1, -0.05) is 31.5 Å². The van der Waals surface area contributed by atoms with Crippen LogP contribution >= 0.6 is 11.6 Å². The summed E-state index contributed by atoms with van der Waals surface area (Å²) in [5.74, 6) is 0. The van der Waals surface area contributed by atoms with Crippen molar-refractivity contribution in [1.29, 1.82) is 0 Å². The molecule has 0 unspecified atom stereocenters. The summed E-state index contributed by atoms with van der Waals surface area (Å²) < 4.78 is 5.80. The molecule has 1 aromatic carbocycles. The number of nitrogens with zero attached hydrogens (tertiary/aromatic N) is 1. The summed E-state index contributed by atoms with van der Waals surface area (Å²) in [6.07, 6.45) is 0. The van der Waals surface area contributed by atoms with Crippen molar-refractivity contribution in [3.63, 3.8) is 0 Å². The molecule has 0 amide bonds. The molecule has 1 aromatic rings. The zero-order valence-electron chi connectivity index (χ0n) is 12.9. The first-order chi connectivity index (χ1) is 9.37. The van der Waals surface area contributed by atoms with Crippen molar-refractivity contribution in [3.8, 4) is 0 Å². The highest BCUT2D eigenvalue weighted by atomic mass is 35.5. The minimum Gasteiger partial charge on any atom is -0.372 e. The monoisotopic (exact) mass is 296 g/mol. The molecule has 0 aliphatic carbocycles. The molecule has 0 radical (unpaired) electrons. The summed E-state index contributed by atoms with van der Waals surface area (Å²) in [7, 11) is 0. The Hall–Kier alpha value is -0.770. The van der Waals surface area contributed by atoms with E-state index in [0.29, 0.717) is 6.04 Å². The molecule has 1 aliphatic heterocycles. The lowest BCUT2D eigenvalue weighted by molar-refractivity contribution is -0.0277. The molecule has 0 spiro atoms. The summed E-state index contributed by atoms with van der Waals surface area (Å²) in [5.41, 5.74) is 2.41.